The third-order valence-electron chi connectivity index (χ3n) is 1.34. The molecule has 68 valence electrons. The minimum absolute atomic E-state index is 0. The van der Waals surface area contributed by atoms with Gasteiger partial charge >= 0.3 is 18.9 Å². The van der Waals surface area contributed by atoms with E-state index in [0.717, 1.165) is 5.56 Å². The number of hydrogen-bond acceptors (Lipinski definition) is 4. The van der Waals surface area contributed by atoms with Gasteiger partial charge in [0.2, 0.25) is 0 Å². The zero-order chi connectivity index (χ0) is 9.84. The standard InChI is InChI=1S/C8H8N2O3.Li/c1-5-2-3-6(9-4-5)10-7(11)8(12)13;/h2-4H,1H3,(H,12,13)(H,9,10,11);/q;+1/p-1. The first-order chi connectivity index (χ1) is 6.09. The molecule has 1 aromatic heterocycles. The molecule has 6 heteroatoms. The number of carboxylic acid groups (broad SMARTS) is 1. The topological polar surface area (TPSA) is 82.1 Å². The van der Waals surface area contributed by atoms with Crippen LogP contribution in [0.15, 0.2) is 18.3 Å². The van der Waals surface area contributed by atoms with Crippen LogP contribution >= 0.6 is 0 Å². The van der Waals surface area contributed by atoms with Gasteiger partial charge in [0, 0.05) is 6.20 Å². The average molecular weight is 186 g/mol. The summed E-state index contributed by atoms with van der Waals surface area (Å²) in [6, 6.07) is 3.22. The molecule has 0 radical (unpaired) electrons. The van der Waals surface area contributed by atoms with Gasteiger partial charge in [-0.2, -0.15) is 0 Å². The molecule has 1 aromatic rings. The molecule has 0 aliphatic heterocycles. The summed E-state index contributed by atoms with van der Waals surface area (Å²) in [5, 5.41) is 12.1. The maximum absolute atomic E-state index is 10.6. The van der Waals surface area contributed by atoms with Crippen molar-refractivity contribution in [1.29, 1.82) is 0 Å². The molecule has 0 fully saturated rings. The Morgan fingerprint density at radius 3 is 2.50 bits per heavy atom. The number of carboxylic acids is 1. The summed E-state index contributed by atoms with van der Waals surface area (Å²) in [6.07, 6.45) is 1.52. The number of carbonyl (C=O) groups excluding carboxylic acids is 2. The number of rotatable bonds is 1. The normalized spacial score (nSPS) is 8.64. The molecule has 0 spiro atoms. The van der Waals surface area contributed by atoms with E-state index in [0.29, 0.717) is 0 Å². The van der Waals surface area contributed by atoms with Crippen molar-refractivity contribution in [3.8, 4) is 0 Å². The van der Waals surface area contributed by atoms with E-state index >= 15 is 0 Å². The van der Waals surface area contributed by atoms with Gasteiger partial charge in [0.1, 0.15) is 11.8 Å². The van der Waals surface area contributed by atoms with Crippen molar-refractivity contribution in [3.05, 3.63) is 23.9 Å². The van der Waals surface area contributed by atoms with Gasteiger partial charge in [0.25, 0.3) is 5.91 Å². The van der Waals surface area contributed by atoms with Crippen LogP contribution in [0.2, 0.25) is 0 Å². The second-order valence-electron chi connectivity index (χ2n) is 2.46. The predicted molar refractivity (Wildman–Crippen MR) is 42.6 cm³/mol. The number of nitrogens with zero attached hydrogens (tertiary/aromatic N) is 1. The van der Waals surface area contributed by atoms with Crippen LogP contribution in [0.3, 0.4) is 0 Å². The first-order valence-electron chi connectivity index (χ1n) is 3.54. The van der Waals surface area contributed by atoms with Gasteiger partial charge in [-0.3, -0.25) is 4.79 Å². The Labute approximate surface area is 92.7 Å². The SMILES string of the molecule is Cc1ccc(NC(=O)C(=O)[O-])nc1.[Li+]. The van der Waals surface area contributed by atoms with Crippen molar-refractivity contribution in [3.63, 3.8) is 0 Å². The number of aromatic nitrogens is 1. The molecule has 0 saturated carbocycles. The largest absolute Gasteiger partial charge is 1.00 e. The van der Waals surface area contributed by atoms with Crippen LogP contribution in [-0.4, -0.2) is 16.9 Å². The molecule has 0 bridgehead atoms. The third kappa shape index (κ3) is 3.60. The van der Waals surface area contributed by atoms with E-state index in [1.807, 2.05) is 6.92 Å². The summed E-state index contributed by atoms with van der Waals surface area (Å²) in [5.41, 5.74) is 0.923. The minimum Gasteiger partial charge on any atom is -0.540 e. The molecule has 14 heavy (non-hydrogen) atoms. The van der Waals surface area contributed by atoms with Crippen molar-refractivity contribution in [2.24, 2.45) is 0 Å². The fraction of sp³-hybridized carbons (Fsp3) is 0.125. The van der Waals surface area contributed by atoms with E-state index in [4.69, 9.17) is 0 Å². The summed E-state index contributed by atoms with van der Waals surface area (Å²) >= 11 is 0. The summed E-state index contributed by atoms with van der Waals surface area (Å²) in [6.45, 7) is 1.83. The van der Waals surface area contributed by atoms with Gasteiger partial charge < -0.3 is 15.2 Å². The van der Waals surface area contributed by atoms with Gasteiger partial charge in [-0.1, -0.05) is 6.07 Å². The third-order valence-corrected chi connectivity index (χ3v) is 1.34. The Hall–Kier alpha value is -1.31. The first-order valence-corrected chi connectivity index (χ1v) is 3.54. The Morgan fingerprint density at radius 1 is 1.43 bits per heavy atom. The number of nitrogens with one attached hydrogen (secondary N) is 1. The molecule has 5 nitrogen and oxygen atoms in total. The van der Waals surface area contributed by atoms with Gasteiger partial charge in [-0.05, 0) is 18.6 Å². The summed E-state index contributed by atoms with van der Waals surface area (Å²) in [4.78, 5) is 24.4. The molecule has 1 amide bonds. The van der Waals surface area contributed by atoms with Gasteiger partial charge in [-0.15, -0.1) is 0 Å². The number of aryl methyl sites for hydroxylation is 1. The van der Waals surface area contributed by atoms with Crippen LogP contribution in [-0.2, 0) is 9.59 Å². The van der Waals surface area contributed by atoms with Crippen molar-refractivity contribution < 1.29 is 33.6 Å². The first kappa shape index (κ1) is 12.7. The second kappa shape index (κ2) is 5.42. The van der Waals surface area contributed by atoms with Gasteiger partial charge in [0.05, 0.1) is 0 Å². The van der Waals surface area contributed by atoms with E-state index in [2.05, 4.69) is 10.3 Å². The zero-order valence-corrected chi connectivity index (χ0v) is 7.90. The Morgan fingerprint density at radius 2 is 2.07 bits per heavy atom. The number of carbonyl (C=O) groups is 2. The van der Waals surface area contributed by atoms with Crippen LogP contribution in [0.5, 0.6) is 0 Å². The quantitative estimate of drug-likeness (QED) is 0.359. The fourth-order valence-corrected chi connectivity index (χ4v) is 0.709. The minimum atomic E-state index is -1.78. The average Bonchev–Trinajstić information content (AvgIpc) is 2.08. The predicted octanol–water partition coefficient (Wildman–Crippen LogP) is -3.92. The van der Waals surface area contributed by atoms with E-state index < -0.39 is 11.9 Å². The molecule has 0 saturated heterocycles. The fourth-order valence-electron chi connectivity index (χ4n) is 0.709. The Bertz CT molecular complexity index is 337. The zero-order valence-electron chi connectivity index (χ0n) is 7.90. The number of hydrogen-bond donors (Lipinski definition) is 1. The number of pyridine rings is 1. The molecule has 0 aromatic carbocycles. The van der Waals surface area contributed by atoms with Crippen LogP contribution in [0.25, 0.3) is 0 Å². The molecule has 0 aliphatic rings. The summed E-state index contributed by atoms with van der Waals surface area (Å²) in [7, 11) is 0. The molecule has 1 N–H and O–H groups in total. The van der Waals surface area contributed by atoms with Crippen molar-refractivity contribution in [2.75, 3.05) is 5.32 Å². The number of anilines is 1. The van der Waals surface area contributed by atoms with E-state index in [1.54, 1.807) is 6.07 Å². The maximum atomic E-state index is 10.6. The smallest absolute Gasteiger partial charge is 0.540 e. The molecular formula is C8H7LiN2O3. The summed E-state index contributed by atoms with van der Waals surface area (Å²) in [5.74, 6) is -2.78. The van der Waals surface area contributed by atoms with E-state index in [9.17, 15) is 14.7 Å². The van der Waals surface area contributed by atoms with Crippen LogP contribution in [0.1, 0.15) is 5.56 Å². The van der Waals surface area contributed by atoms with Crippen LogP contribution in [0, 0.1) is 6.92 Å². The van der Waals surface area contributed by atoms with Gasteiger partial charge in [0.15, 0.2) is 0 Å². The number of aliphatic carboxylic acids is 1. The molecule has 1 rings (SSSR count). The molecule has 0 aliphatic carbocycles. The van der Waals surface area contributed by atoms with Crippen molar-refractivity contribution >= 4 is 17.7 Å². The van der Waals surface area contributed by atoms with Crippen molar-refractivity contribution in [2.45, 2.75) is 6.92 Å². The van der Waals surface area contributed by atoms with Crippen molar-refractivity contribution in [1.82, 2.24) is 4.98 Å². The number of amides is 1. The van der Waals surface area contributed by atoms with Crippen LogP contribution < -0.4 is 29.3 Å². The molecular weight excluding hydrogens is 179 g/mol. The monoisotopic (exact) mass is 186 g/mol. The Kier molecular flexibility index (Phi) is 4.92. The Balaban J connectivity index is 0.00000169. The van der Waals surface area contributed by atoms with Crippen LogP contribution in [0.4, 0.5) is 5.82 Å². The molecule has 0 unspecified atom stereocenters. The second-order valence-corrected chi connectivity index (χ2v) is 2.46. The molecule has 0 atom stereocenters. The summed E-state index contributed by atoms with van der Waals surface area (Å²) < 4.78 is 0. The van der Waals surface area contributed by atoms with E-state index in [1.165, 1.54) is 12.3 Å². The molecule has 1 heterocycles. The van der Waals surface area contributed by atoms with Gasteiger partial charge in [-0.25, -0.2) is 4.98 Å². The van der Waals surface area contributed by atoms with E-state index in [-0.39, 0.29) is 24.7 Å². The maximum Gasteiger partial charge on any atom is 1.00 e.